The third-order valence-corrected chi connectivity index (χ3v) is 2.86. The summed E-state index contributed by atoms with van der Waals surface area (Å²) in [5, 5.41) is 9.78. The number of hydrogen-bond donors (Lipinski definition) is 1. The van der Waals surface area contributed by atoms with Crippen LogP contribution in [0.5, 0.6) is 0 Å². The Balaban J connectivity index is 3.36. The molecule has 0 heterocycles. The van der Waals surface area contributed by atoms with E-state index in [0.29, 0.717) is 12.1 Å². The maximum Gasteiger partial charge on any atom is 0.131 e. The van der Waals surface area contributed by atoms with E-state index in [1.54, 1.807) is 19.1 Å². The van der Waals surface area contributed by atoms with E-state index >= 15 is 0 Å². The number of halogens is 1. The Morgan fingerprint density at radius 2 is 2.06 bits per heavy atom. The number of nitrogens with zero attached hydrogens (tertiary/aromatic N) is 1. The highest BCUT2D eigenvalue weighted by Gasteiger charge is 2.25. The van der Waals surface area contributed by atoms with E-state index in [-0.39, 0.29) is 11.4 Å². The van der Waals surface area contributed by atoms with Crippen molar-refractivity contribution in [1.29, 1.82) is 0 Å². The largest absolute Gasteiger partial charge is 0.389 e. The van der Waals surface area contributed by atoms with Crippen LogP contribution >= 0.6 is 0 Å². The predicted octanol–water partition coefficient (Wildman–Crippen LogP) is 3.67. The van der Waals surface area contributed by atoms with E-state index in [9.17, 15) is 9.50 Å². The number of rotatable bonds is 4. The van der Waals surface area contributed by atoms with Gasteiger partial charge in [0.15, 0.2) is 0 Å². The van der Waals surface area contributed by atoms with E-state index in [0.717, 1.165) is 5.69 Å². The van der Waals surface area contributed by atoms with Crippen molar-refractivity contribution in [2.24, 2.45) is 0 Å². The van der Waals surface area contributed by atoms with Crippen molar-refractivity contribution < 1.29 is 9.50 Å². The molecule has 1 atom stereocenters. The molecule has 0 amide bonds. The van der Waals surface area contributed by atoms with Crippen molar-refractivity contribution in [2.75, 3.05) is 11.4 Å². The molecule has 0 radical (unpaired) electrons. The lowest BCUT2D eigenvalue weighted by molar-refractivity contribution is 0.194. The Morgan fingerprint density at radius 1 is 1.44 bits per heavy atom. The van der Waals surface area contributed by atoms with Crippen LogP contribution in [0.15, 0.2) is 30.9 Å². The lowest BCUT2D eigenvalue weighted by atomic mass is 10.00. The van der Waals surface area contributed by atoms with Crippen LogP contribution in [-0.4, -0.2) is 17.2 Å². The zero-order chi connectivity index (χ0) is 13.9. The number of hydrogen-bond acceptors (Lipinski definition) is 2. The van der Waals surface area contributed by atoms with Gasteiger partial charge in [-0.25, -0.2) is 4.39 Å². The second-order valence-corrected chi connectivity index (χ2v) is 5.42. The summed E-state index contributed by atoms with van der Waals surface area (Å²) >= 11 is 0. The third kappa shape index (κ3) is 3.10. The molecule has 1 rings (SSSR count). The first-order chi connectivity index (χ1) is 8.29. The fourth-order valence-corrected chi connectivity index (χ4v) is 2.04. The second-order valence-electron chi connectivity index (χ2n) is 5.42. The summed E-state index contributed by atoms with van der Waals surface area (Å²) in [4.78, 5) is 2.03. The molecule has 1 N–H and O–H groups in total. The van der Waals surface area contributed by atoms with Gasteiger partial charge in [0.05, 0.1) is 6.10 Å². The first-order valence-electron chi connectivity index (χ1n) is 6.14. The summed E-state index contributed by atoms with van der Waals surface area (Å²) in [6.07, 6.45) is 0.943. The van der Waals surface area contributed by atoms with Gasteiger partial charge in [0, 0.05) is 23.3 Å². The van der Waals surface area contributed by atoms with Gasteiger partial charge in [-0.2, -0.15) is 0 Å². The summed E-state index contributed by atoms with van der Waals surface area (Å²) in [6, 6.07) is 4.87. The Hall–Kier alpha value is -1.35. The van der Waals surface area contributed by atoms with Gasteiger partial charge in [-0.15, -0.1) is 6.58 Å². The van der Waals surface area contributed by atoms with Crippen LogP contribution in [0.2, 0.25) is 0 Å². The van der Waals surface area contributed by atoms with Crippen LogP contribution in [0.1, 0.15) is 39.4 Å². The summed E-state index contributed by atoms with van der Waals surface area (Å²) in [5.74, 6) is -0.374. The van der Waals surface area contributed by atoms with Crippen LogP contribution in [0.3, 0.4) is 0 Å². The lowest BCUT2D eigenvalue weighted by Gasteiger charge is -2.38. The molecular formula is C15H22FNO. The van der Waals surface area contributed by atoms with Crippen LogP contribution in [0.25, 0.3) is 0 Å². The van der Waals surface area contributed by atoms with E-state index in [4.69, 9.17) is 0 Å². The monoisotopic (exact) mass is 251 g/mol. The average Bonchev–Trinajstić information content (AvgIpc) is 2.23. The number of anilines is 1. The molecular weight excluding hydrogens is 229 g/mol. The minimum absolute atomic E-state index is 0.175. The molecule has 0 bridgehead atoms. The van der Waals surface area contributed by atoms with E-state index < -0.39 is 6.10 Å². The van der Waals surface area contributed by atoms with Crippen molar-refractivity contribution in [3.05, 3.63) is 42.2 Å². The quantitative estimate of drug-likeness (QED) is 0.825. The summed E-state index contributed by atoms with van der Waals surface area (Å²) < 4.78 is 13.9. The minimum Gasteiger partial charge on any atom is -0.389 e. The van der Waals surface area contributed by atoms with E-state index in [1.807, 2.05) is 31.7 Å². The van der Waals surface area contributed by atoms with Gasteiger partial charge in [-0.05, 0) is 39.8 Å². The highest BCUT2D eigenvalue weighted by molar-refractivity contribution is 5.57. The van der Waals surface area contributed by atoms with Crippen LogP contribution in [0, 0.1) is 5.82 Å². The first-order valence-corrected chi connectivity index (χ1v) is 6.14. The zero-order valence-corrected chi connectivity index (χ0v) is 11.6. The molecule has 0 spiro atoms. The van der Waals surface area contributed by atoms with Gasteiger partial charge in [0.25, 0.3) is 0 Å². The van der Waals surface area contributed by atoms with E-state index in [1.165, 1.54) is 6.07 Å². The zero-order valence-electron chi connectivity index (χ0n) is 11.6. The second kappa shape index (κ2) is 5.53. The highest BCUT2D eigenvalue weighted by atomic mass is 19.1. The lowest BCUT2D eigenvalue weighted by Crippen LogP contribution is -2.42. The third-order valence-electron chi connectivity index (χ3n) is 2.86. The van der Waals surface area contributed by atoms with Crippen molar-refractivity contribution in [2.45, 2.75) is 39.3 Å². The molecule has 0 saturated carbocycles. The first kappa shape index (κ1) is 14.7. The summed E-state index contributed by atoms with van der Waals surface area (Å²) in [5.41, 5.74) is 0.887. The molecule has 0 fully saturated rings. The Kier molecular flexibility index (Phi) is 4.52. The number of aliphatic hydroxyl groups is 1. The van der Waals surface area contributed by atoms with Gasteiger partial charge >= 0.3 is 0 Å². The minimum atomic E-state index is -0.837. The topological polar surface area (TPSA) is 23.5 Å². The molecule has 0 aliphatic carbocycles. The molecule has 0 aliphatic rings. The number of benzene rings is 1. The molecule has 2 nitrogen and oxygen atoms in total. The standard InChI is InChI=1S/C15H22FNO/c1-6-10-17(15(3,4)5)13-9-7-8-12(16)14(13)11(2)18/h6-9,11,18H,1,10H2,2-5H3. The molecule has 0 aromatic heterocycles. The normalized spacial score (nSPS) is 13.2. The summed E-state index contributed by atoms with van der Waals surface area (Å²) in [6.45, 7) is 12.1. The van der Waals surface area contributed by atoms with Crippen molar-refractivity contribution in [3.63, 3.8) is 0 Å². The maximum absolute atomic E-state index is 13.9. The average molecular weight is 251 g/mol. The fourth-order valence-electron chi connectivity index (χ4n) is 2.04. The number of aliphatic hydroxyl groups excluding tert-OH is 1. The van der Waals surface area contributed by atoms with Crippen molar-refractivity contribution in [1.82, 2.24) is 0 Å². The molecule has 3 heteroatoms. The Morgan fingerprint density at radius 3 is 2.50 bits per heavy atom. The molecule has 1 unspecified atom stereocenters. The molecule has 100 valence electrons. The van der Waals surface area contributed by atoms with Crippen LogP contribution < -0.4 is 4.90 Å². The van der Waals surface area contributed by atoms with Gasteiger partial charge in [0.1, 0.15) is 5.82 Å². The molecule has 1 aromatic rings. The molecule has 1 aromatic carbocycles. The summed E-state index contributed by atoms with van der Waals surface area (Å²) in [7, 11) is 0. The SMILES string of the molecule is C=CCN(c1cccc(F)c1C(C)O)C(C)(C)C. The van der Waals surface area contributed by atoms with Gasteiger partial charge in [-0.1, -0.05) is 12.1 Å². The maximum atomic E-state index is 13.9. The Bertz CT molecular complexity index is 421. The van der Waals surface area contributed by atoms with Gasteiger partial charge in [0.2, 0.25) is 0 Å². The van der Waals surface area contributed by atoms with Crippen molar-refractivity contribution in [3.8, 4) is 0 Å². The molecule has 0 aliphatic heterocycles. The predicted molar refractivity (Wildman–Crippen MR) is 74.3 cm³/mol. The molecule has 18 heavy (non-hydrogen) atoms. The smallest absolute Gasteiger partial charge is 0.131 e. The molecule has 0 saturated heterocycles. The van der Waals surface area contributed by atoms with Crippen LogP contribution in [-0.2, 0) is 0 Å². The van der Waals surface area contributed by atoms with Gasteiger partial charge in [-0.3, -0.25) is 0 Å². The van der Waals surface area contributed by atoms with Crippen LogP contribution in [0.4, 0.5) is 10.1 Å². The highest BCUT2D eigenvalue weighted by Crippen LogP contribution is 2.32. The fraction of sp³-hybridized carbons (Fsp3) is 0.467. The Labute approximate surface area is 109 Å². The van der Waals surface area contributed by atoms with Gasteiger partial charge < -0.3 is 10.0 Å². The van der Waals surface area contributed by atoms with Crippen molar-refractivity contribution >= 4 is 5.69 Å². The van der Waals surface area contributed by atoms with E-state index in [2.05, 4.69) is 6.58 Å².